The smallest absolute Gasteiger partial charge is 0.432 e. The zero-order chi connectivity index (χ0) is 54.6. The summed E-state index contributed by atoms with van der Waals surface area (Å²) in [6, 6.07) is 0. The van der Waals surface area contributed by atoms with Crippen molar-refractivity contribution < 1.29 is 43.4 Å². The molecule has 0 radical (unpaired) electrons. The molecule has 1 saturated heterocycles. The van der Waals surface area contributed by atoms with Crippen molar-refractivity contribution in [3.8, 4) is 0 Å². The average molecular weight is 971 g/mol. The van der Waals surface area contributed by atoms with Crippen LogP contribution in [0.4, 0.5) is 14.4 Å². The zero-order valence-electron chi connectivity index (χ0n) is 47.8. The fourth-order valence-electron chi connectivity index (χ4n) is 6.32. The van der Waals surface area contributed by atoms with Crippen LogP contribution < -0.4 is 33.2 Å². The number of nitrogens with zero attached hydrogens (tertiary/aromatic N) is 1. The lowest BCUT2D eigenvalue weighted by Crippen LogP contribution is -2.55. The monoisotopic (exact) mass is 970 g/mol. The van der Waals surface area contributed by atoms with Crippen LogP contribution in [0.2, 0.25) is 0 Å². The van der Waals surface area contributed by atoms with E-state index in [1.807, 2.05) is 48.5 Å². The highest BCUT2D eigenvalue weighted by Gasteiger charge is 2.39. The molecule has 1 fully saturated rings. The number of nitrogens with two attached hydrogens (primary N) is 3. The van der Waals surface area contributed by atoms with Gasteiger partial charge in [0.15, 0.2) is 0 Å². The van der Waals surface area contributed by atoms with E-state index in [9.17, 15) is 24.0 Å². The highest BCUT2D eigenvalue weighted by atomic mass is 16.7. The molecule has 0 aromatic carbocycles. The Kier molecular flexibility index (Phi) is 51.7. The topological polar surface area (TPSA) is 251 Å². The van der Waals surface area contributed by atoms with Crippen LogP contribution in [-0.4, -0.2) is 97.8 Å². The summed E-state index contributed by atoms with van der Waals surface area (Å²) >= 11 is 0. The highest BCUT2D eigenvalue weighted by Crippen LogP contribution is 2.30. The van der Waals surface area contributed by atoms with Gasteiger partial charge in [-0.15, -0.1) is 5.06 Å². The molecule has 67 heavy (non-hydrogen) atoms. The Morgan fingerprint density at radius 2 is 0.761 bits per heavy atom. The Balaban J connectivity index is -0.000000112. The van der Waals surface area contributed by atoms with Crippen LogP contribution in [0.1, 0.15) is 198 Å². The number of methoxy groups -OCH3 is 2. The standard InChI is InChI=1S/C14H24N2O4.2C11H23NO2.C9H21N.C2H6.2CH5N.CH4O.CH4/c1-6-10(4)14(5,9(2)3)15-13(19)20-16-11(17)7-8-12(16)18;2*1-7-9(4)11(5,8(2)3)12-10(13)14-6;1-6-8(4)9(5,10)7(2)3;4*1-2;/h9-10H,6-8H2,1-5H3,(H,15,19);2*8-9H,7H2,1-6H3,(H,12,13);7-8H,6,10H2,1-5H3;1-2H3;2*2H2,1H3;2H,1H3;1H4. The summed E-state index contributed by atoms with van der Waals surface area (Å²) in [6.45, 7) is 46.2. The second-order valence-corrected chi connectivity index (χ2v) is 18.4. The number of nitrogens with one attached hydrogen (secondary N) is 3. The second kappa shape index (κ2) is 42.9. The van der Waals surface area contributed by atoms with E-state index >= 15 is 0 Å². The number of aliphatic hydroxyl groups is 1. The highest BCUT2D eigenvalue weighted by molar-refractivity contribution is 6.01. The van der Waals surface area contributed by atoms with Gasteiger partial charge in [0.05, 0.1) is 14.2 Å². The molecule has 16 nitrogen and oxygen atoms in total. The molecule has 0 aromatic heterocycles. The summed E-state index contributed by atoms with van der Waals surface area (Å²) in [5.41, 5.74) is 14.3. The minimum Gasteiger partial charge on any atom is -0.453 e. The van der Waals surface area contributed by atoms with E-state index in [-0.39, 0.29) is 60.9 Å². The molecule has 1 rings (SSSR count). The van der Waals surface area contributed by atoms with E-state index in [1.54, 1.807) is 0 Å². The number of amides is 5. The maximum atomic E-state index is 12.0. The molecule has 1 aliphatic rings. The van der Waals surface area contributed by atoms with E-state index in [2.05, 4.69) is 141 Å². The summed E-state index contributed by atoms with van der Waals surface area (Å²) in [5.74, 6) is 2.31. The lowest BCUT2D eigenvalue weighted by molar-refractivity contribution is -0.172. The molecule has 408 valence electrons. The minimum atomic E-state index is -0.759. The van der Waals surface area contributed by atoms with Crippen LogP contribution in [0.25, 0.3) is 0 Å². The predicted octanol–water partition coefficient (Wildman–Crippen LogP) is 10.7. The largest absolute Gasteiger partial charge is 0.453 e. The number of carbonyl (C=O) groups excluding carboxylic acids is 5. The first kappa shape index (κ1) is 80.8. The molecule has 0 bridgehead atoms. The Bertz CT molecular complexity index is 1200. The van der Waals surface area contributed by atoms with Crippen molar-refractivity contribution in [3.63, 3.8) is 0 Å². The third-order valence-corrected chi connectivity index (χ3v) is 14.1. The summed E-state index contributed by atoms with van der Waals surface area (Å²) in [4.78, 5) is 62.1. The molecular formula is C51H115N7O9. The molecule has 0 aromatic rings. The molecular weight excluding hydrogens is 855 g/mol. The lowest BCUT2D eigenvalue weighted by Gasteiger charge is -2.39. The van der Waals surface area contributed by atoms with Crippen molar-refractivity contribution in [2.75, 3.05) is 35.4 Å². The summed E-state index contributed by atoms with van der Waals surface area (Å²) in [7, 11) is 6.79. The number of hydrogen-bond acceptors (Lipinski definition) is 12. The van der Waals surface area contributed by atoms with Crippen LogP contribution in [0.15, 0.2) is 0 Å². The Morgan fingerprint density at radius 3 is 0.925 bits per heavy atom. The van der Waals surface area contributed by atoms with Gasteiger partial charge in [-0.05, 0) is 89.1 Å². The third-order valence-electron chi connectivity index (χ3n) is 14.1. The maximum Gasteiger partial charge on any atom is 0.432 e. The molecule has 1 aliphatic heterocycles. The van der Waals surface area contributed by atoms with Crippen molar-refractivity contribution in [3.05, 3.63) is 0 Å². The first-order valence-electron chi connectivity index (χ1n) is 24.4. The van der Waals surface area contributed by atoms with Crippen LogP contribution >= 0.6 is 0 Å². The van der Waals surface area contributed by atoms with Crippen LogP contribution in [0, 0.1) is 47.3 Å². The van der Waals surface area contributed by atoms with E-state index in [1.165, 1.54) is 34.7 Å². The van der Waals surface area contributed by atoms with Gasteiger partial charge in [0.25, 0.3) is 11.8 Å². The Morgan fingerprint density at radius 1 is 0.537 bits per heavy atom. The number of hydroxylamine groups is 2. The molecule has 0 saturated carbocycles. The summed E-state index contributed by atoms with van der Waals surface area (Å²) in [5, 5.41) is 16.2. The molecule has 1 heterocycles. The van der Waals surface area contributed by atoms with Gasteiger partial charge in [0, 0.05) is 42.1 Å². The third kappa shape index (κ3) is 29.4. The number of carbonyl (C=O) groups is 5. The molecule has 5 amide bonds. The number of alkyl carbamates (subject to hydrolysis) is 2. The first-order chi connectivity index (χ1) is 30.4. The first-order valence-corrected chi connectivity index (χ1v) is 24.4. The molecule has 0 aliphatic carbocycles. The van der Waals surface area contributed by atoms with Gasteiger partial charge in [-0.25, -0.2) is 14.4 Å². The molecule has 0 spiro atoms. The van der Waals surface area contributed by atoms with Crippen LogP contribution in [-0.2, 0) is 23.9 Å². The van der Waals surface area contributed by atoms with Gasteiger partial charge in [0.2, 0.25) is 0 Å². The average Bonchev–Trinajstić information content (AvgIpc) is 3.62. The van der Waals surface area contributed by atoms with Crippen molar-refractivity contribution in [2.45, 2.75) is 220 Å². The van der Waals surface area contributed by atoms with E-state index in [4.69, 9.17) is 15.7 Å². The number of ether oxygens (including phenoxy) is 2. The Labute approximate surface area is 413 Å². The quantitative estimate of drug-likeness (QED) is 0.0714. The normalized spacial score (nSPS) is 16.7. The van der Waals surface area contributed by atoms with Crippen molar-refractivity contribution in [1.82, 2.24) is 21.0 Å². The lowest BCUT2D eigenvalue weighted by atomic mass is 9.76. The van der Waals surface area contributed by atoms with Crippen LogP contribution in [0.3, 0.4) is 0 Å². The summed E-state index contributed by atoms with van der Waals surface area (Å²) in [6.07, 6.45) is 2.89. The fourth-order valence-corrected chi connectivity index (χ4v) is 6.32. The zero-order valence-corrected chi connectivity index (χ0v) is 47.8. The van der Waals surface area contributed by atoms with Crippen LogP contribution in [0.5, 0.6) is 0 Å². The SMILES string of the molecule is C.CC.CCC(C)C(C)(N)C(C)C.CCC(C)C(C)(NC(=O)OC)C(C)C.CCC(C)C(C)(NC(=O)OC)C(C)C.CCC(C)C(C)(NC(=O)ON1C(=O)CCC1=O)C(C)C.CN.CN.CO. The molecule has 8 atom stereocenters. The predicted molar refractivity (Wildman–Crippen MR) is 283 cm³/mol. The number of rotatable bonds is 16. The number of hydrogen-bond donors (Lipinski definition) is 7. The molecule has 8 unspecified atom stereocenters. The van der Waals surface area contributed by atoms with Gasteiger partial charge in [-0.2, -0.15) is 0 Å². The summed E-state index contributed by atoms with van der Waals surface area (Å²) < 4.78 is 9.28. The van der Waals surface area contributed by atoms with Gasteiger partial charge in [-0.3, -0.25) is 9.59 Å². The number of imide groups is 1. The maximum absolute atomic E-state index is 12.0. The van der Waals surface area contributed by atoms with E-state index < -0.39 is 23.4 Å². The number of aliphatic hydroxyl groups excluding tert-OH is 1. The van der Waals surface area contributed by atoms with Crippen molar-refractivity contribution in [1.29, 1.82) is 0 Å². The van der Waals surface area contributed by atoms with Crippen molar-refractivity contribution >= 4 is 30.1 Å². The van der Waals surface area contributed by atoms with Gasteiger partial charge in [-0.1, -0.05) is 158 Å². The minimum absolute atomic E-state index is 0. The van der Waals surface area contributed by atoms with E-state index in [0.29, 0.717) is 40.6 Å². The fraction of sp³-hybridized carbons (Fsp3) is 0.902. The van der Waals surface area contributed by atoms with Gasteiger partial charge in [0.1, 0.15) is 0 Å². The Hall–Kier alpha value is -3.21. The van der Waals surface area contributed by atoms with E-state index in [0.717, 1.165) is 26.4 Å². The second-order valence-electron chi connectivity index (χ2n) is 18.4. The molecule has 10 N–H and O–H groups in total. The van der Waals surface area contributed by atoms with Crippen molar-refractivity contribution in [2.24, 2.45) is 64.5 Å². The molecule has 16 heteroatoms. The van der Waals surface area contributed by atoms with Gasteiger partial charge >= 0.3 is 18.3 Å². The van der Waals surface area contributed by atoms with Gasteiger partial charge < -0.3 is 52.6 Å².